The molecule has 0 aromatic rings. The summed E-state index contributed by atoms with van der Waals surface area (Å²) in [6.45, 7) is 4.49. The Labute approximate surface area is 79.0 Å². The third-order valence-corrected chi connectivity index (χ3v) is 2.81. The molecule has 0 bridgehead atoms. The maximum Gasteiger partial charge on any atom is 0.0958 e. The Balaban J connectivity index is 1.72. The fraction of sp³-hybridized carbons (Fsp3) is 1.00. The monoisotopic (exact) mass is 186 g/mol. The molecule has 0 aromatic carbocycles. The molecular formula is C9H18N2O2. The number of hydrogen-bond acceptors (Lipinski definition) is 4. The summed E-state index contributed by atoms with van der Waals surface area (Å²) in [7, 11) is 2.15. The molecule has 2 heterocycles. The van der Waals surface area contributed by atoms with Gasteiger partial charge < -0.3 is 10.0 Å². The lowest BCUT2D eigenvalue weighted by molar-refractivity contribution is -0.118. The van der Waals surface area contributed by atoms with Gasteiger partial charge in [-0.3, -0.25) is 4.84 Å². The van der Waals surface area contributed by atoms with Gasteiger partial charge in [0.25, 0.3) is 0 Å². The number of rotatable bonds is 2. The summed E-state index contributed by atoms with van der Waals surface area (Å²) in [6.07, 6.45) is 0.978. The van der Waals surface area contributed by atoms with Crippen molar-refractivity contribution in [1.82, 2.24) is 9.96 Å². The largest absolute Gasteiger partial charge is 0.389 e. The Morgan fingerprint density at radius 2 is 2.31 bits per heavy atom. The van der Waals surface area contributed by atoms with Gasteiger partial charge in [-0.05, 0) is 25.9 Å². The topological polar surface area (TPSA) is 35.9 Å². The van der Waals surface area contributed by atoms with E-state index in [1.165, 1.54) is 13.0 Å². The predicted molar refractivity (Wildman–Crippen MR) is 49.1 cm³/mol. The van der Waals surface area contributed by atoms with Crippen LogP contribution in [-0.2, 0) is 4.84 Å². The number of hydroxylamine groups is 2. The lowest BCUT2D eigenvalue weighted by atomic mass is 10.1. The van der Waals surface area contributed by atoms with Gasteiger partial charge in [-0.25, -0.2) is 0 Å². The Kier molecular flexibility index (Phi) is 2.83. The number of aliphatic hydroxyl groups is 1. The van der Waals surface area contributed by atoms with Crippen LogP contribution in [0, 0.1) is 5.92 Å². The van der Waals surface area contributed by atoms with Gasteiger partial charge in [0.05, 0.1) is 19.3 Å². The molecule has 0 aliphatic carbocycles. The first kappa shape index (κ1) is 9.40. The molecule has 2 rings (SSSR count). The highest BCUT2D eigenvalue weighted by Gasteiger charge is 2.27. The van der Waals surface area contributed by atoms with Crippen molar-refractivity contribution in [2.45, 2.75) is 12.5 Å². The SMILES string of the molecule is CN1CCC(CN2CC(O)CO2)C1. The summed E-state index contributed by atoms with van der Waals surface area (Å²) >= 11 is 0. The smallest absolute Gasteiger partial charge is 0.0958 e. The van der Waals surface area contributed by atoms with Crippen LogP contribution in [-0.4, -0.2) is 61.0 Å². The van der Waals surface area contributed by atoms with Crippen molar-refractivity contribution in [3.05, 3.63) is 0 Å². The highest BCUT2D eigenvalue weighted by molar-refractivity contribution is 4.76. The second kappa shape index (κ2) is 3.92. The molecule has 2 fully saturated rings. The van der Waals surface area contributed by atoms with Gasteiger partial charge >= 0.3 is 0 Å². The van der Waals surface area contributed by atoms with Gasteiger partial charge in [0, 0.05) is 13.1 Å². The van der Waals surface area contributed by atoms with E-state index in [0.717, 1.165) is 19.0 Å². The molecule has 1 N–H and O–H groups in total. The Bertz CT molecular complexity index is 159. The third-order valence-electron chi connectivity index (χ3n) is 2.81. The van der Waals surface area contributed by atoms with Gasteiger partial charge in [0.2, 0.25) is 0 Å². The van der Waals surface area contributed by atoms with Crippen LogP contribution in [0.2, 0.25) is 0 Å². The summed E-state index contributed by atoms with van der Waals surface area (Å²) in [5.41, 5.74) is 0. The molecule has 2 unspecified atom stereocenters. The molecule has 4 heteroatoms. The molecule has 0 saturated carbocycles. The molecule has 4 nitrogen and oxygen atoms in total. The number of hydrogen-bond donors (Lipinski definition) is 1. The van der Waals surface area contributed by atoms with E-state index in [9.17, 15) is 5.11 Å². The normalized spacial score (nSPS) is 37.4. The van der Waals surface area contributed by atoms with E-state index < -0.39 is 0 Å². The summed E-state index contributed by atoms with van der Waals surface area (Å²) in [4.78, 5) is 7.67. The van der Waals surface area contributed by atoms with Gasteiger partial charge in [0.15, 0.2) is 0 Å². The maximum absolute atomic E-state index is 9.25. The van der Waals surface area contributed by atoms with Crippen molar-refractivity contribution in [3.63, 3.8) is 0 Å². The first-order valence-corrected chi connectivity index (χ1v) is 4.98. The Morgan fingerprint density at radius 3 is 2.85 bits per heavy atom. The van der Waals surface area contributed by atoms with Crippen LogP contribution >= 0.6 is 0 Å². The molecule has 13 heavy (non-hydrogen) atoms. The summed E-state index contributed by atoms with van der Waals surface area (Å²) in [5.74, 6) is 0.718. The minimum atomic E-state index is -0.279. The minimum Gasteiger partial charge on any atom is -0.389 e. The molecule has 0 spiro atoms. The van der Waals surface area contributed by atoms with Gasteiger partial charge in [-0.1, -0.05) is 0 Å². The van der Waals surface area contributed by atoms with Crippen molar-refractivity contribution in [1.29, 1.82) is 0 Å². The molecule has 76 valence electrons. The summed E-state index contributed by atoms with van der Waals surface area (Å²) in [5, 5.41) is 11.2. The van der Waals surface area contributed by atoms with Gasteiger partial charge in [-0.2, -0.15) is 5.06 Å². The zero-order valence-corrected chi connectivity index (χ0v) is 8.15. The van der Waals surface area contributed by atoms with Crippen LogP contribution in [0.25, 0.3) is 0 Å². The quantitative estimate of drug-likeness (QED) is 0.633. The zero-order chi connectivity index (χ0) is 9.26. The van der Waals surface area contributed by atoms with E-state index in [-0.39, 0.29) is 6.10 Å². The highest BCUT2D eigenvalue weighted by atomic mass is 16.7. The van der Waals surface area contributed by atoms with Crippen LogP contribution in [0.3, 0.4) is 0 Å². The average molecular weight is 186 g/mol. The standard InChI is InChI=1S/C9H18N2O2/c1-10-3-2-8(4-10)5-11-6-9(12)7-13-11/h8-9,12H,2-7H2,1H3. The molecule has 2 aliphatic rings. The lowest BCUT2D eigenvalue weighted by Crippen LogP contribution is -2.28. The van der Waals surface area contributed by atoms with Crippen LogP contribution in [0.5, 0.6) is 0 Å². The van der Waals surface area contributed by atoms with Crippen molar-refractivity contribution >= 4 is 0 Å². The minimum absolute atomic E-state index is 0.279. The summed E-state index contributed by atoms with van der Waals surface area (Å²) in [6, 6.07) is 0. The van der Waals surface area contributed by atoms with E-state index in [1.54, 1.807) is 0 Å². The van der Waals surface area contributed by atoms with E-state index in [1.807, 2.05) is 5.06 Å². The molecular weight excluding hydrogens is 168 g/mol. The summed E-state index contributed by atoms with van der Waals surface area (Å²) < 4.78 is 0. The molecule has 0 aromatic heterocycles. The fourth-order valence-corrected chi connectivity index (χ4v) is 2.12. The number of β-amino-alcohol motifs (C(OH)–C–C–N with tert-alkyl or cyclic N) is 1. The van der Waals surface area contributed by atoms with E-state index in [0.29, 0.717) is 13.2 Å². The lowest BCUT2D eigenvalue weighted by Gasteiger charge is -2.18. The van der Waals surface area contributed by atoms with Crippen molar-refractivity contribution < 1.29 is 9.94 Å². The van der Waals surface area contributed by atoms with Crippen molar-refractivity contribution in [2.75, 3.05) is 39.8 Å². The fourth-order valence-electron chi connectivity index (χ4n) is 2.12. The Morgan fingerprint density at radius 1 is 1.46 bits per heavy atom. The van der Waals surface area contributed by atoms with Crippen LogP contribution in [0.15, 0.2) is 0 Å². The Hall–Kier alpha value is -0.160. The first-order chi connectivity index (χ1) is 6.24. The van der Waals surface area contributed by atoms with Gasteiger partial charge in [-0.15, -0.1) is 0 Å². The predicted octanol–water partition coefficient (Wildman–Crippen LogP) is -0.454. The van der Waals surface area contributed by atoms with Crippen molar-refractivity contribution in [3.8, 4) is 0 Å². The maximum atomic E-state index is 9.25. The zero-order valence-electron chi connectivity index (χ0n) is 8.15. The molecule has 2 atom stereocenters. The molecule has 2 saturated heterocycles. The molecule has 0 radical (unpaired) electrons. The number of aliphatic hydroxyl groups excluding tert-OH is 1. The van der Waals surface area contributed by atoms with Gasteiger partial charge in [0.1, 0.15) is 0 Å². The average Bonchev–Trinajstić information content (AvgIpc) is 2.62. The second-order valence-corrected chi connectivity index (χ2v) is 4.21. The van der Waals surface area contributed by atoms with E-state index in [2.05, 4.69) is 11.9 Å². The number of nitrogens with zero attached hydrogens (tertiary/aromatic N) is 2. The van der Waals surface area contributed by atoms with E-state index >= 15 is 0 Å². The van der Waals surface area contributed by atoms with E-state index in [4.69, 9.17) is 4.84 Å². The second-order valence-electron chi connectivity index (χ2n) is 4.21. The third kappa shape index (κ3) is 2.40. The van der Waals surface area contributed by atoms with Crippen LogP contribution in [0.4, 0.5) is 0 Å². The number of likely N-dealkylation sites (tertiary alicyclic amines) is 1. The molecule has 2 aliphatic heterocycles. The van der Waals surface area contributed by atoms with Crippen LogP contribution in [0.1, 0.15) is 6.42 Å². The van der Waals surface area contributed by atoms with Crippen LogP contribution < -0.4 is 0 Å². The molecule has 0 amide bonds. The first-order valence-electron chi connectivity index (χ1n) is 4.98. The van der Waals surface area contributed by atoms with Crippen molar-refractivity contribution in [2.24, 2.45) is 5.92 Å². The highest BCUT2D eigenvalue weighted by Crippen LogP contribution is 2.17.